The average molecular weight is 294 g/mol. The lowest BCUT2D eigenvalue weighted by molar-refractivity contribution is 0.289. The summed E-state index contributed by atoms with van der Waals surface area (Å²) in [6, 6.07) is 8.33. The minimum absolute atomic E-state index is 0.421. The van der Waals surface area contributed by atoms with Crippen LogP contribution in [-0.2, 0) is 7.05 Å². The number of hydrogen-bond donors (Lipinski definition) is 0. The highest BCUT2D eigenvalue weighted by Crippen LogP contribution is 2.39. The van der Waals surface area contributed by atoms with Crippen LogP contribution in [0.15, 0.2) is 35.0 Å². The third-order valence-electron chi connectivity index (χ3n) is 5.23. The molecular weight excluding hydrogens is 276 g/mol. The van der Waals surface area contributed by atoms with E-state index in [1.165, 1.54) is 30.4 Å². The molecule has 2 aliphatic heterocycles. The predicted molar refractivity (Wildman–Crippen MR) is 83.5 cm³/mol. The number of nitrogens with zero attached hydrogens (tertiary/aromatic N) is 4. The molecule has 1 unspecified atom stereocenters. The van der Waals surface area contributed by atoms with Gasteiger partial charge in [0.15, 0.2) is 0 Å². The quantitative estimate of drug-likeness (QED) is 0.729. The van der Waals surface area contributed by atoms with Gasteiger partial charge in [0.25, 0.3) is 0 Å². The highest BCUT2D eigenvalue weighted by Gasteiger charge is 2.41. The summed E-state index contributed by atoms with van der Waals surface area (Å²) >= 11 is 0. The molecule has 2 saturated heterocycles. The minimum Gasteiger partial charge on any atom is -0.350 e. The molecule has 4 heterocycles. The van der Waals surface area contributed by atoms with Gasteiger partial charge in [-0.25, -0.2) is 0 Å². The maximum atomic E-state index is 5.62. The summed E-state index contributed by atoms with van der Waals surface area (Å²) in [5.74, 6) is 2.64. The van der Waals surface area contributed by atoms with Gasteiger partial charge in [-0.2, -0.15) is 4.98 Å². The number of aromatic nitrogens is 3. The summed E-state index contributed by atoms with van der Waals surface area (Å²) in [4.78, 5) is 7.22. The van der Waals surface area contributed by atoms with Gasteiger partial charge in [0.05, 0.1) is 5.92 Å². The van der Waals surface area contributed by atoms with Crippen LogP contribution in [0.4, 0.5) is 0 Å². The van der Waals surface area contributed by atoms with Gasteiger partial charge in [0.2, 0.25) is 11.7 Å². The van der Waals surface area contributed by atoms with Gasteiger partial charge >= 0.3 is 0 Å². The summed E-state index contributed by atoms with van der Waals surface area (Å²) in [6.45, 7) is 3.49. The first-order valence-electron chi connectivity index (χ1n) is 7.90. The Morgan fingerprint density at radius 2 is 2.14 bits per heavy atom. The van der Waals surface area contributed by atoms with Crippen molar-refractivity contribution in [1.82, 2.24) is 19.6 Å². The molecule has 5 rings (SSSR count). The number of aryl methyl sites for hydroxylation is 1. The predicted octanol–water partition coefficient (Wildman–Crippen LogP) is 2.65. The Morgan fingerprint density at radius 1 is 1.23 bits per heavy atom. The smallest absolute Gasteiger partial charge is 0.231 e. The molecular formula is C17H18N4O. The van der Waals surface area contributed by atoms with Crippen LogP contribution in [0.2, 0.25) is 0 Å². The third kappa shape index (κ3) is 1.69. The van der Waals surface area contributed by atoms with E-state index in [2.05, 4.69) is 52.1 Å². The fraction of sp³-hybridized carbons (Fsp3) is 0.412. The van der Waals surface area contributed by atoms with Crippen LogP contribution in [0.5, 0.6) is 0 Å². The van der Waals surface area contributed by atoms with Gasteiger partial charge in [-0.1, -0.05) is 23.4 Å². The lowest BCUT2D eigenvalue weighted by atomic mass is 9.93. The molecule has 0 radical (unpaired) electrons. The largest absolute Gasteiger partial charge is 0.350 e. The Kier molecular flexibility index (Phi) is 2.50. The molecule has 2 bridgehead atoms. The van der Waals surface area contributed by atoms with Gasteiger partial charge in [-0.3, -0.25) is 0 Å². The van der Waals surface area contributed by atoms with Gasteiger partial charge in [0, 0.05) is 42.8 Å². The number of fused-ring (bicyclic) bond motifs is 3. The maximum Gasteiger partial charge on any atom is 0.231 e. The minimum atomic E-state index is 0.421. The van der Waals surface area contributed by atoms with Crippen molar-refractivity contribution in [2.45, 2.75) is 12.3 Å². The van der Waals surface area contributed by atoms with E-state index in [9.17, 15) is 0 Å². The summed E-state index contributed by atoms with van der Waals surface area (Å²) in [6.07, 6.45) is 3.35. The summed E-state index contributed by atoms with van der Waals surface area (Å²) in [5.41, 5.74) is 2.24. The maximum absolute atomic E-state index is 5.62. The number of benzene rings is 1. The van der Waals surface area contributed by atoms with Gasteiger partial charge < -0.3 is 14.0 Å². The first kappa shape index (κ1) is 12.4. The van der Waals surface area contributed by atoms with Crippen LogP contribution in [0.3, 0.4) is 0 Å². The fourth-order valence-electron chi connectivity index (χ4n) is 4.08. The van der Waals surface area contributed by atoms with Crippen LogP contribution in [0.1, 0.15) is 18.2 Å². The Morgan fingerprint density at radius 3 is 2.95 bits per heavy atom. The number of hydrogen-bond acceptors (Lipinski definition) is 4. The van der Waals surface area contributed by atoms with Crippen molar-refractivity contribution in [3.8, 4) is 11.4 Å². The highest BCUT2D eigenvalue weighted by atomic mass is 16.5. The van der Waals surface area contributed by atoms with Gasteiger partial charge in [-0.15, -0.1) is 0 Å². The number of rotatable bonds is 2. The Hall–Kier alpha value is -2.14. The third-order valence-corrected chi connectivity index (χ3v) is 5.23. The van der Waals surface area contributed by atoms with Crippen molar-refractivity contribution in [3.05, 3.63) is 36.4 Å². The van der Waals surface area contributed by atoms with Gasteiger partial charge in [-0.05, 0) is 24.9 Å². The highest BCUT2D eigenvalue weighted by molar-refractivity contribution is 5.94. The van der Waals surface area contributed by atoms with Crippen molar-refractivity contribution in [3.63, 3.8) is 0 Å². The van der Waals surface area contributed by atoms with E-state index in [4.69, 9.17) is 9.51 Å². The first-order chi connectivity index (χ1) is 10.8. The second kappa shape index (κ2) is 4.43. The van der Waals surface area contributed by atoms with Crippen molar-refractivity contribution >= 4 is 10.9 Å². The monoisotopic (exact) mass is 294 g/mol. The molecule has 112 valence electrons. The van der Waals surface area contributed by atoms with E-state index < -0.39 is 0 Å². The molecule has 5 nitrogen and oxygen atoms in total. The van der Waals surface area contributed by atoms with Crippen molar-refractivity contribution < 1.29 is 4.52 Å². The average Bonchev–Trinajstić information content (AvgIpc) is 3.30. The zero-order valence-electron chi connectivity index (χ0n) is 12.6. The fourth-order valence-corrected chi connectivity index (χ4v) is 4.08. The molecule has 0 spiro atoms. The summed E-state index contributed by atoms with van der Waals surface area (Å²) in [5, 5.41) is 5.44. The molecule has 0 aliphatic carbocycles. The molecule has 0 saturated carbocycles. The zero-order valence-corrected chi connectivity index (χ0v) is 12.6. The van der Waals surface area contributed by atoms with Crippen LogP contribution >= 0.6 is 0 Å². The molecule has 3 atom stereocenters. The lowest BCUT2D eigenvalue weighted by Crippen LogP contribution is -2.22. The standard InChI is InChI=1S/C17H18N4O/c1-20-9-14(12-4-2-3-5-15(12)20)16-18-17(22-19-16)13-10-21-7-6-11(13)8-21/h2-5,9,11,13H,6-8,10H2,1H3/t11-,13-/m1/s1. The molecule has 2 fully saturated rings. The van der Waals surface area contributed by atoms with E-state index in [0.29, 0.717) is 17.7 Å². The Labute approximate surface area is 128 Å². The van der Waals surface area contributed by atoms with E-state index in [-0.39, 0.29) is 0 Å². The summed E-state index contributed by atoms with van der Waals surface area (Å²) < 4.78 is 7.73. The molecule has 2 aromatic heterocycles. The van der Waals surface area contributed by atoms with E-state index in [0.717, 1.165) is 18.0 Å². The van der Waals surface area contributed by atoms with Crippen LogP contribution < -0.4 is 0 Å². The summed E-state index contributed by atoms with van der Waals surface area (Å²) in [7, 11) is 2.05. The van der Waals surface area contributed by atoms with Gasteiger partial charge in [0.1, 0.15) is 0 Å². The molecule has 22 heavy (non-hydrogen) atoms. The van der Waals surface area contributed by atoms with E-state index in [1.807, 2.05) is 0 Å². The zero-order chi connectivity index (χ0) is 14.7. The SMILES string of the molecule is Cn1cc(-c2noc([C@@H]3CN4CC[C@@H]3C4)n2)c2ccccc21. The van der Waals surface area contributed by atoms with Crippen LogP contribution in [-0.4, -0.2) is 39.2 Å². The van der Waals surface area contributed by atoms with Crippen molar-refractivity contribution in [1.29, 1.82) is 0 Å². The topological polar surface area (TPSA) is 47.1 Å². The molecule has 1 aromatic carbocycles. The normalized spacial score (nSPS) is 27.0. The molecule has 0 amide bonds. The molecule has 2 aliphatic rings. The van der Waals surface area contributed by atoms with Crippen molar-refractivity contribution in [2.75, 3.05) is 19.6 Å². The van der Waals surface area contributed by atoms with Crippen LogP contribution in [0, 0.1) is 5.92 Å². The first-order valence-corrected chi connectivity index (χ1v) is 7.90. The molecule has 5 heteroatoms. The molecule has 0 N–H and O–H groups in total. The second-order valence-electron chi connectivity index (χ2n) is 6.54. The molecule has 3 aromatic rings. The lowest BCUT2D eigenvalue weighted by Gasteiger charge is -2.17. The van der Waals surface area contributed by atoms with Crippen molar-refractivity contribution in [2.24, 2.45) is 13.0 Å². The van der Waals surface area contributed by atoms with E-state index in [1.54, 1.807) is 0 Å². The number of piperidine rings is 1. The van der Waals surface area contributed by atoms with E-state index >= 15 is 0 Å². The Balaban J connectivity index is 1.56. The second-order valence-corrected chi connectivity index (χ2v) is 6.54. The number of para-hydroxylation sites is 1. The van der Waals surface area contributed by atoms with Crippen LogP contribution in [0.25, 0.3) is 22.3 Å². The Bertz CT molecular complexity index is 849.